The molecule has 0 amide bonds. The van der Waals surface area contributed by atoms with Crippen molar-refractivity contribution in [2.45, 2.75) is 12.5 Å². The van der Waals surface area contributed by atoms with Gasteiger partial charge in [0.05, 0.1) is 23.8 Å². The first-order valence-corrected chi connectivity index (χ1v) is 7.32. The number of ether oxygens (including phenoxy) is 2. The Hall–Kier alpha value is -1.42. The highest BCUT2D eigenvalue weighted by atomic mass is 35.5. The number of fused-ring (bicyclic) bond motifs is 1. The van der Waals surface area contributed by atoms with E-state index in [0.29, 0.717) is 28.0 Å². The third kappa shape index (κ3) is 2.69. The van der Waals surface area contributed by atoms with E-state index < -0.39 is 6.10 Å². The summed E-state index contributed by atoms with van der Waals surface area (Å²) in [6.45, 7) is 0.685. The molecular formula is C16H14Cl2O3. The van der Waals surface area contributed by atoms with Crippen molar-refractivity contribution in [3.63, 3.8) is 0 Å². The van der Waals surface area contributed by atoms with Gasteiger partial charge in [-0.3, -0.25) is 0 Å². The van der Waals surface area contributed by atoms with Crippen molar-refractivity contribution in [1.82, 2.24) is 0 Å². The van der Waals surface area contributed by atoms with Crippen LogP contribution < -0.4 is 9.47 Å². The van der Waals surface area contributed by atoms with Crippen LogP contribution in [-0.4, -0.2) is 18.8 Å². The van der Waals surface area contributed by atoms with Crippen LogP contribution in [0.2, 0.25) is 10.0 Å². The van der Waals surface area contributed by atoms with Crippen molar-refractivity contribution in [3.05, 3.63) is 57.1 Å². The molecule has 0 radical (unpaired) electrons. The lowest BCUT2D eigenvalue weighted by atomic mass is 9.98. The molecule has 1 heterocycles. The van der Waals surface area contributed by atoms with E-state index in [-0.39, 0.29) is 0 Å². The summed E-state index contributed by atoms with van der Waals surface area (Å²) in [5.74, 6) is 1.37. The molecule has 2 aromatic rings. The van der Waals surface area contributed by atoms with Crippen LogP contribution in [-0.2, 0) is 6.42 Å². The van der Waals surface area contributed by atoms with Crippen LogP contribution in [0.5, 0.6) is 11.5 Å². The fourth-order valence-corrected chi connectivity index (χ4v) is 2.97. The van der Waals surface area contributed by atoms with Gasteiger partial charge in [-0.15, -0.1) is 0 Å². The van der Waals surface area contributed by atoms with Gasteiger partial charge < -0.3 is 14.6 Å². The molecule has 1 N–H and O–H groups in total. The van der Waals surface area contributed by atoms with Crippen molar-refractivity contribution < 1.29 is 14.6 Å². The smallest absolute Gasteiger partial charge is 0.138 e. The molecule has 1 aliphatic rings. The zero-order valence-electron chi connectivity index (χ0n) is 11.4. The normalized spacial score (nSPS) is 14.5. The van der Waals surface area contributed by atoms with Gasteiger partial charge in [-0.05, 0) is 29.3 Å². The average Bonchev–Trinajstić information content (AvgIpc) is 2.95. The van der Waals surface area contributed by atoms with Crippen molar-refractivity contribution in [2.24, 2.45) is 0 Å². The lowest BCUT2D eigenvalue weighted by Gasteiger charge is -2.16. The summed E-state index contributed by atoms with van der Waals surface area (Å²) in [4.78, 5) is 0. The summed E-state index contributed by atoms with van der Waals surface area (Å²) in [6, 6.07) is 8.90. The molecule has 0 fully saturated rings. The quantitative estimate of drug-likeness (QED) is 0.926. The predicted octanol–water partition coefficient (Wildman–Crippen LogP) is 4.02. The number of aliphatic hydroxyl groups is 1. The van der Waals surface area contributed by atoms with Crippen molar-refractivity contribution in [2.75, 3.05) is 13.7 Å². The van der Waals surface area contributed by atoms with Gasteiger partial charge in [0.15, 0.2) is 0 Å². The number of rotatable bonds is 3. The van der Waals surface area contributed by atoms with Gasteiger partial charge in [-0.25, -0.2) is 0 Å². The fraction of sp³-hybridized carbons (Fsp3) is 0.250. The molecule has 0 saturated carbocycles. The molecule has 110 valence electrons. The lowest BCUT2D eigenvalue weighted by Crippen LogP contribution is -2.02. The molecule has 21 heavy (non-hydrogen) atoms. The van der Waals surface area contributed by atoms with E-state index in [1.807, 2.05) is 18.2 Å². The van der Waals surface area contributed by atoms with Gasteiger partial charge in [0.25, 0.3) is 0 Å². The molecule has 0 saturated heterocycles. The number of hydrogen-bond donors (Lipinski definition) is 1. The first-order valence-electron chi connectivity index (χ1n) is 6.56. The minimum atomic E-state index is -0.841. The number of hydrogen-bond acceptors (Lipinski definition) is 3. The second-order valence-electron chi connectivity index (χ2n) is 4.88. The van der Waals surface area contributed by atoms with Crippen LogP contribution in [0.15, 0.2) is 30.3 Å². The predicted molar refractivity (Wildman–Crippen MR) is 82.7 cm³/mol. The Kier molecular flexibility index (Phi) is 3.98. The molecular weight excluding hydrogens is 311 g/mol. The maximum Gasteiger partial charge on any atom is 0.138 e. The highest BCUT2D eigenvalue weighted by Crippen LogP contribution is 2.37. The minimum absolute atomic E-state index is 0.417. The second-order valence-corrected chi connectivity index (χ2v) is 5.69. The summed E-state index contributed by atoms with van der Waals surface area (Å²) >= 11 is 12.3. The topological polar surface area (TPSA) is 38.7 Å². The Morgan fingerprint density at radius 3 is 2.76 bits per heavy atom. The van der Waals surface area contributed by atoms with E-state index in [0.717, 1.165) is 23.3 Å². The van der Waals surface area contributed by atoms with Gasteiger partial charge in [0, 0.05) is 18.1 Å². The van der Waals surface area contributed by atoms with E-state index in [4.69, 9.17) is 32.7 Å². The summed E-state index contributed by atoms with van der Waals surface area (Å²) < 4.78 is 10.6. The minimum Gasteiger partial charge on any atom is -0.495 e. The molecule has 3 nitrogen and oxygen atoms in total. The van der Waals surface area contributed by atoms with E-state index >= 15 is 0 Å². The number of benzene rings is 2. The molecule has 1 unspecified atom stereocenters. The molecule has 0 aromatic heterocycles. The Bertz CT molecular complexity index is 685. The Morgan fingerprint density at radius 2 is 2.00 bits per heavy atom. The lowest BCUT2D eigenvalue weighted by molar-refractivity contribution is 0.220. The standard InChI is InChI=1S/C16H14Cl2O3/c1-20-15-8-12(17)11(7-13(15)18)16(19)10-2-3-14-9(6-10)4-5-21-14/h2-3,6-8,16,19H,4-5H2,1H3. The molecule has 1 atom stereocenters. The van der Waals surface area contributed by atoms with Gasteiger partial charge >= 0.3 is 0 Å². The Labute approximate surface area is 133 Å². The maximum atomic E-state index is 10.6. The Balaban J connectivity index is 1.98. The van der Waals surface area contributed by atoms with E-state index in [1.54, 1.807) is 12.1 Å². The highest BCUT2D eigenvalue weighted by Gasteiger charge is 2.20. The molecule has 0 bridgehead atoms. The Morgan fingerprint density at radius 1 is 1.19 bits per heavy atom. The van der Waals surface area contributed by atoms with Crippen LogP contribution in [0, 0.1) is 0 Å². The summed E-state index contributed by atoms with van der Waals surface area (Å²) in [7, 11) is 1.52. The molecule has 3 rings (SSSR count). The van der Waals surface area contributed by atoms with Crippen LogP contribution >= 0.6 is 23.2 Å². The molecule has 2 aromatic carbocycles. The van der Waals surface area contributed by atoms with Crippen LogP contribution in [0.3, 0.4) is 0 Å². The van der Waals surface area contributed by atoms with Crippen molar-refractivity contribution in [1.29, 1.82) is 0 Å². The van der Waals surface area contributed by atoms with Crippen LogP contribution in [0.4, 0.5) is 0 Å². The van der Waals surface area contributed by atoms with Crippen molar-refractivity contribution >= 4 is 23.2 Å². The average molecular weight is 325 g/mol. The van der Waals surface area contributed by atoms with Gasteiger partial charge in [-0.1, -0.05) is 29.3 Å². The zero-order chi connectivity index (χ0) is 15.0. The second kappa shape index (κ2) is 5.76. The van der Waals surface area contributed by atoms with Gasteiger partial charge in [0.2, 0.25) is 0 Å². The molecule has 0 aliphatic carbocycles. The largest absolute Gasteiger partial charge is 0.495 e. The monoisotopic (exact) mass is 324 g/mol. The number of aliphatic hydroxyl groups excluding tert-OH is 1. The third-order valence-electron chi connectivity index (χ3n) is 3.59. The number of methoxy groups -OCH3 is 1. The fourth-order valence-electron chi connectivity index (χ4n) is 2.47. The third-order valence-corrected chi connectivity index (χ3v) is 4.22. The molecule has 0 spiro atoms. The van der Waals surface area contributed by atoms with Crippen molar-refractivity contribution in [3.8, 4) is 11.5 Å². The maximum absolute atomic E-state index is 10.6. The zero-order valence-corrected chi connectivity index (χ0v) is 12.9. The highest BCUT2D eigenvalue weighted by molar-refractivity contribution is 6.34. The summed E-state index contributed by atoms with van der Waals surface area (Å²) in [6.07, 6.45) is 0.0132. The number of halogens is 2. The molecule has 5 heteroatoms. The van der Waals surface area contributed by atoms with Crippen LogP contribution in [0.25, 0.3) is 0 Å². The SMILES string of the molecule is COc1cc(Cl)c(C(O)c2ccc3c(c2)CCO3)cc1Cl. The van der Waals surface area contributed by atoms with E-state index in [9.17, 15) is 5.11 Å². The van der Waals surface area contributed by atoms with Crippen LogP contribution in [0.1, 0.15) is 22.8 Å². The van der Waals surface area contributed by atoms with E-state index in [1.165, 1.54) is 7.11 Å². The summed E-state index contributed by atoms with van der Waals surface area (Å²) in [5, 5.41) is 11.4. The van der Waals surface area contributed by atoms with Gasteiger partial charge in [-0.2, -0.15) is 0 Å². The molecule has 1 aliphatic heterocycles. The first-order chi connectivity index (χ1) is 10.1. The summed E-state index contributed by atoms with van der Waals surface area (Å²) in [5.41, 5.74) is 2.42. The van der Waals surface area contributed by atoms with E-state index in [2.05, 4.69) is 0 Å². The first kappa shape index (κ1) is 14.5. The van der Waals surface area contributed by atoms with Gasteiger partial charge in [0.1, 0.15) is 17.6 Å².